The second kappa shape index (κ2) is 9.89. The van der Waals surface area contributed by atoms with Crippen molar-refractivity contribution in [3.05, 3.63) is 84.3 Å². The van der Waals surface area contributed by atoms with Crippen LogP contribution < -0.4 is 15.0 Å². The number of piperazine rings is 1. The van der Waals surface area contributed by atoms with Crippen molar-refractivity contribution in [1.29, 1.82) is 0 Å². The lowest BCUT2D eigenvalue weighted by Gasteiger charge is -2.35. The van der Waals surface area contributed by atoms with Gasteiger partial charge in [-0.05, 0) is 48.9 Å². The minimum Gasteiger partial charge on any atom is -0.481 e. The van der Waals surface area contributed by atoms with E-state index >= 15 is 0 Å². The molecule has 1 saturated heterocycles. The van der Waals surface area contributed by atoms with Crippen molar-refractivity contribution < 1.29 is 18.7 Å². The van der Waals surface area contributed by atoms with E-state index in [1.165, 1.54) is 6.26 Å². The highest BCUT2D eigenvalue weighted by Gasteiger charge is 2.24. The van der Waals surface area contributed by atoms with Crippen LogP contribution in [0.15, 0.2) is 77.4 Å². The lowest BCUT2D eigenvalue weighted by molar-refractivity contribution is -0.118. The Kier molecular flexibility index (Phi) is 6.34. The van der Waals surface area contributed by atoms with E-state index < -0.39 is 0 Å². The third-order valence-corrected chi connectivity index (χ3v) is 6.07. The summed E-state index contributed by atoms with van der Waals surface area (Å²) in [5.74, 6) is 1.39. The fraction of sp³-hybridized carbons (Fsp3) is 0.222. The van der Waals surface area contributed by atoms with Crippen molar-refractivity contribution in [2.75, 3.05) is 43.0 Å². The van der Waals surface area contributed by atoms with Crippen LogP contribution in [0.1, 0.15) is 16.1 Å². The number of aromatic nitrogens is 1. The molecule has 8 nitrogen and oxygen atoms in total. The second-order valence-corrected chi connectivity index (χ2v) is 8.41. The molecule has 4 aromatic rings. The van der Waals surface area contributed by atoms with Gasteiger partial charge in [-0.15, -0.1) is 0 Å². The number of hydrogen-bond acceptors (Lipinski definition) is 6. The van der Waals surface area contributed by atoms with Gasteiger partial charge in [0.1, 0.15) is 17.1 Å². The van der Waals surface area contributed by atoms with E-state index in [0.717, 1.165) is 22.5 Å². The Balaban J connectivity index is 1.26. The van der Waals surface area contributed by atoms with Gasteiger partial charge in [-0.2, -0.15) is 0 Å². The maximum absolute atomic E-state index is 12.5. The molecule has 0 saturated carbocycles. The molecular formula is C27H26N4O4. The summed E-state index contributed by atoms with van der Waals surface area (Å²) >= 11 is 0. The fourth-order valence-electron chi connectivity index (χ4n) is 4.14. The number of para-hydroxylation sites is 2. The molecule has 8 heteroatoms. The number of rotatable bonds is 6. The SMILES string of the molecule is Cc1ccccc1NC(=O)COc1cccc2ccc(N3CCN(C(=O)c4ccco4)CC3)nc12. The number of carbonyl (C=O) groups excluding carboxylic acids is 2. The largest absolute Gasteiger partial charge is 0.481 e. The van der Waals surface area contributed by atoms with E-state index in [4.69, 9.17) is 14.1 Å². The minimum atomic E-state index is -0.232. The Morgan fingerprint density at radius 1 is 0.971 bits per heavy atom. The van der Waals surface area contributed by atoms with Gasteiger partial charge in [0, 0.05) is 37.3 Å². The fourth-order valence-corrected chi connectivity index (χ4v) is 4.14. The van der Waals surface area contributed by atoms with Crippen molar-refractivity contribution in [3.8, 4) is 5.75 Å². The molecule has 1 N–H and O–H groups in total. The molecule has 0 radical (unpaired) electrons. The van der Waals surface area contributed by atoms with Gasteiger partial charge in [-0.25, -0.2) is 4.98 Å². The summed E-state index contributed by atoms with van der Waals surface area (Å²) in [6.07, 6.45) is 1.51. The summed E-state index contributed by atoms with van der Waals surface area (Å²) in [6.45, 7) is 4.30. The topological polar surface area (TPSA) is 87.9 Å². The summed E-state index contributed by atoms with van der Waals surface area (Å²) < 4.78 is 11.1. The molecule has 178 valence electrons. The second-order valence-electron chi connectivity index (χ2n) is 8.41. The molecule has 2 amide bonds. The standard InChI is InChI=1S/C27H26N4O4/c1-19-6-2-3-8-21(19)28-25(32)18-35-22-9-4-7-20-11-12-24(29-26(20)22)30-13-15-31(16-14-30)27(33)23-10-5-17-34-23/h2-12,17H,13-16,18H2,1H3,(H,28,32). The third kappa shape index (κ3) is 4.96. The predicted octanol–water partition coefficient (Wildman–Crippen LogP) is 4.12. The molecule has 2 aromatic heterocycles. The van der Waals surface area contributed by atoms with Crippen LogP contribution >= 0.6 is 0 Å². The first-order valence-electron chi connectivity index (χ1n) is 11.5. The summed E-state index contributed by atoms with van der Waals surface area (Å²) in [5.41, 5.74) is 2.45. The summed E-state index contributed by atoms with van der Waals surface area (Å²) in [6, 6.07) is 20.7. The van der Waals surface area contributed by atoms with Crippen LogP contribution in [-0.4, -0.2) is 54.5 Å². The maximum atomic E-state index is 12.5. The lowest BCUT2D eigenvalue weighted by atomic mass is 10.2. The van der Waals surface area contributed by atoms with Crippen molar-refractivity contribution in [2.24, 2.45) is 0 Å². The van der Waals surface area contributed by atoms with E-state index in [2.05, 4.69) is 10.2 Å². The van der Waals surface area contributed by atoms with Crippen LogP contribution in [0, 0.1) is 6.92 Å². The number of anilines is 2. The van der Waals surface area contributed by atoms with Crippen molar-refractivity contribution in [1.82, 2.24) is 9.88 Å². The van der Waals surface area contributed by atoms with E-state index in [9.17, 15) is 9.59 Å². The van der Waals surface area contributed by atoms with Crippen LogP contribution in [0.4, 0.5) is 11.5 Å². The van der Waals surface area contributed by atoms with Gasteiger partial charge in [0.05, 0.1) is 6.26 Å². The first-order chi connectivity index (χ1) is 17.1. The van der Waals surface area contributed by atoms with Crippen molar-refractivity contribution in [2.45, 2.75) is 6.92 Å². The molecule has 3 heterocycles. The van der Waals surface area contributed by atoms with Gasteiger partial charge in [0.2, 0.25) is 0 Å². The number of carbonyl (C=O) groups is 2. The zero-order valence-corrected chi connectivity index (χ0v) is 19.4. The molecule has 2 aromatic carbocycles. The van der Waals surface area contributed by atoms with Crippen LogP contribution in [0.3, 0.4) is 0 Å². The molecule has 0 unspecified atom stereocenters. The van der Waals surface area contributed by atoms with Crippen molar-refractivity contribution in [3.63, 3.8) is 0 Å². The number of nitrogens with zero attached hydrogens (tertiary/aromatic N) is 3. The number of ether oxygens (including phenoxy) is 1. The van der Waals surface area contributed by atoms with E-state index in [1.54, 1.807) is 17.0 Å². The maximum Gasteiger partial charge on any atom is 0.289 e. The third-order valence-electron chi connectivity index (χ3n) is 6.07. The zero-order valence-electron chi connectivity index (χ0n) is 19.4. The van der Waals surface area contributed by atoms with Gasteiger partial charge in [-0.1, -0.05) is 30.3 Å². The molecular weight excluding hydrogens is 444 g/mol. The number of hydrogen-bond donors (Lipinski definition) is 1. The molecule has 1 fully saturated rings. The summed E-state index contributed by atoms with van der Waals surface area (Å²) in [4.78, 5) is 33.8. The highest BCUT2D eigenvalue weighted by Crippen LogP contribution is 2.27. The number of benzene rings is 2. The summed E-state index contributed by atoms with van der Waals surface area (Å²) in [5, 5.41) is 3.81. The zero-order chi connectivity index (χ0) is 24.2. The molecule has 0 spiro atoms. The van der Waals surface area contributed by atoms with Gasteiger partial charge >= 0.3 is 0 Å². The minimum absolute atomic E-state index is 0.0965. The van der Waals surface area contributed by atoms with Crippen LogP contribution in [0.5, 0.6) is 5.75 Å². The Hall–Kier alpha value is -4.33. The van der Waals surface area contributed by atoms with Gasteiger partial charge in [0.15, 0.2) is 12.4 Å². The molecule has 35 heavy (non-hydrogen) atoms. The highest BCUT2D eigenvalue weighted by molar-refractivity contribution is 5.93. The smallest absolute Gasteiger partial charge is 0.289 e. The monoisotopic (exact) mass is 470 g/mol. The van der Waals surface area contributed by atoms with Crippen LogP contribution in [-0.2, 0) is 4.79 Å². The van der Waals surface area contributed by atoms with Crippen LogP contribution in [0.25, 0.3) is 10.9 Å². The lowest BCUT2D eigenvalue weighted by Crippen LogP contribution is -2.49. The molecule has 0 atom stereocenters. The number of pyridine rings is 1. The molecule has 5 rings (SSSR count). The molecule has 0 bridgehead atoms. The molecule has 0 aliphatic carbocycles. The molecule has 1 aliphatic heterocycles. The Labute approximate surface area is 203 Å². The highest BCUT2D eigenvalue weighted by atomic mass is 16.5. The average molecular weight is 471 g/mol. The number of fused-ring (bicyclic) bond motifs is 1. The Morgan fingerprint density at radius 3 is 2.57 bits per heavy atom. The van der Waals surface area contributed by atoms with Gasteiger partial charge < -0.3 is 24.3 Å². The van der Waals surface area contributed by atoms with Crippen molar-refractivity contribution >= 4 is 34.2 Å². The van der Waals surface area contributed by atoms with E-state index in [1.807, 2.05) is 61.5 Å². The number of nitrogens with one attached hydrogen (secondary N) is 1. The van der Waals surface area contributed by atoms with Gasteiger partial charge in [0.25, 0.3) is 11.8 Å². The molecule has 1 aliphatic rings. The van der Waals surface area contributed by atoms with E-state index in [0.29, 0.717) is 43.2 Å². The van der Waals surface area contributed by atoms with Crippen LogP contribution in [0.2, 0.25) is 0 Å². The van der Waals surface area contributed by atoms with Gasteiger partial charge in [-0.3, -0.25) is 9.59 Å². The van der Waals surface area contributed by atoms with E-state index in [-0.39, 0.29) is 18.4 Å². The number of aryl methyl sites for hydroxylation is 1. The quantitative estimate of drug-likeness (QED) is 0.456. The summed E-state index contributed by atoms with van der Waals surface area (Å²) in [7, 11) is 0. The first kappa shape index (κ1) is 22.5. The Bertz CT molecular complexity index is 1340. The number of furan rings is 1. The number of amides is 2. The first-order valence-corrected chi connectivity index (χ1v) is 11.5. The predicted molar refractivity (Wildman–Crippen MR) is 134 cm³/mol. The average Bonchev–Trinajstić information content (AvgIpc) is 3.43. The normalized spacial score (nSPS) is 13.6. The Morgan fingerprint density at radius 2 is 1.80 bits per heavy atom.